The molecule has 2 aromatic rings. The summed E-state index contributed by atoms with van der Waals surface area (Å²) in [5.41, 5.74) is 2.14. The molecule has 0 heterocycles. The lowest BCUT2D eigenvalue weighted by Gasteiger charge is -2.18. The average Bonchev–Trinajstić information content (AvgIpc) is 2.69. The van der Waals surface area contributed by atoms with Crippen LogP contribution in [0.25, 0.3) is 0 Å². The number of ether oxygens (including phenoxy) is 1. The first-order valence-electron chi connectivity index (χ1n) is 9.31. The van der Waals surface area contributed by atoms with E-state index in [9.17, 15) is 14.0 Å². The van der Waals surface area contributed by atoms with Gasteiger partial charge in [-0.05, 0) is 49.7 Å². The smallest absolute Gasteiger partial charge is 0.275 e. The molecule has 29 heavy (non-hydrogen) atoms. The fraction of sp³-hybridized carbons (Fsp3) is 0.333. The van der Waals surface area contributed by atoms with E-state index < -0.39 is 5.82 Å². The molecule has 1 atom stereocenters. The van der Waals surface area contributed by atoms with Crippen molar-refractivity contribution in [1.29, 1.82) is 0 Å². The average molecular weight is 423 g/mol. The van der Waals surface area contributed by atoms with Gasteiger partial charge in [-0.15, -0.1) is 0 Å². The van der Waals surface area contributed by atoms with Crippen LogP contribution in [-0.4, -0.2) is 38.6 Å². The zero-order chi connectivity index (χ0) is 21.4. The number of methoxy groups -OCH3 is 1. The van der Waals surface area contributed by atoms with Gasteiger partial charge in [0.1, 0.15) is 6.54 Å². The normalized spacial score (nSPS) is 11.6. The summed E-state index contributed by atoms with van der Waals surface area (Å²) >= 11 is 6.04. The van der Waals surface area contributed by atoms with Crippen LogP contribution >= 0.6 is 11.6 Å². The Hall–Kier alpha value is -2.64. The second-order valence-corrected chi connectivity index (χ2v) is 7.07. The molecule has 0 spiro atoms. The monoisotopic (exact) mass is 422 g/mol. The number of likely N-dealkylation sites (N-methyl/N-ethyl adjacent to an activating group) is 1. The molecule has 2 amide bonds. The number of benzene rings is 2. The van der Waals surface area contributed by atoms with E-state index in [4.69, 9.17) is 16.3 Å². The lowest BCUT2D eigenvalue weighted by Crippen LogP contribution is -3.11. The predicted molar refractivity (Wildman–Crippen MR) is 111 cm³/mol. The van der Waals surface area contributed by atoms with E-state index in [0.717, 1.165) is 16.0 Å². The van der Waals surface area contributed by atoms with Gasteiger partial charge < -0.3 is 20.3 Å². The minimum absolute atomic E-state index is 0.140. The summed E-state index contributed by atoms with van der Waals surface area (Å²) in [6, 6.07) is 9.99. The molecule has 0 aromatic heterocycles. The topological polar surface area (TPSA) is 71.9 Å². The van der Waals surface area contributed by atoms with Crippen molar-refractivity contribution >= 4 is 29.1 Å². The molecular formula is C21H26ClFN3O3+. The van der Waals surface area contributed by atoms with Crippen molar-refractivity contribution in [2.75, 3.05) is 32.1 Å². The van der Waals surface area contributed by atoms with Crippen LogP contribution in [0.5, 0.6) is 5.75 Å². The fourth-order valence-corrected chi connectivity index (χ4v) is 3.00. The summed E-state index contributed by atoms with van der Waals surface area (Å²) in [7, 11) is 1.41. The van der Waals surface area contributed by atoms with Crippen LogP contribution in [0.4, 0.5) is 10.1 Å². The van der Waals surface area contributed by atoms with Crippen molar-refractivity contribution in [2.45, 2.75) is 20.4 Å². The Bertz CT molecular complexity index is 876. The molecule has 1 unspecified atom stereocenters. The van der Waals surface area contributed by atoms with Gasteiger partial charge in [0.05, 0.1) is 20.2 Å². The summed E-state index contributed by atoms with van der Waals surface area (Å²) in [6.07, 6.45) is 0. The third-order valence-electron chi connectivity index (χ3n) is 4.57. The summed E-state index contributed by atoms with van der Waals surface area (Å²) < 4.78 is 18.8. The molecule has 0 saturated heterocycles. The van der Waals surface area contributed by atoms with Crippen LogP contribution in [0.2, 0.25) is 5.02 Å². The van der Waals surface area contributed by atoms with E-state index >= 15 is 0 Å². The van der Waals surface area contributed by atoms with Crippen LogP contribution in [0.1, 0.15) is 18.1 Å². The number of hydrogen-bond acceptors (Lipinski definition) is 3. The Balaban J connectivity index is 1.84. The Kier molecular flexibility index (Phi) is 8.42. The third kappa shape index (κ3) is 6.73. The fourth-order valence-electron chi connectivity index (χ4n) is 2.83. The SMILES string of the molecule is CC[NH+](CC(=O)NCC(=O)Nc1cccc(Cl)c1C)Cc1ccc(OC)c(F)c1. The van der Waals surface area contributed by atoms with Crippen molar-refractivity contribution in [3.8, 4) is 5.75 Å². The Labute approximate surface area is 175 Å². The van der Waals surface area contributed by atoms with Crippen molar-refractivity contribution in [3.63, 3.8) is 0 Å². The molecule has 0 saturated carbocycles. The van der Waals surface area contributed by atoms with Crippen LogP contribution < -0.4 is 20.3 Å². The minimum atomic E-state index is -0.433. The predicted octanol–water partition coefficient (Wildman–Crippen LogP) is 1.96. The van der Waals surface area contributed by atoms with Gasteiger partial charge in [0.15, 0.2) is 18.1 Å². The van der Waals surface area contributed by atoms with Crippen LogP contribution in [0.15, 0.2) is 36.4 Å². The van der Waals surface area contributed by atoms with E-state index in [1.165, 1.54) is 13.2 Å². The van der Waals surface area contributed by atoms with E-state index in [0.29, 0.717) is 23.8 Å². The Morgan fingerprint density at radius 1 is 1.21 bits per heavy atom. The molecule has 0 aliphatic rings. The van der Waals surface area contributed by atoms with Crippen LogP contribution in [0.3, 0.4) is 0 Å². The lowest BCUT2D eigenvalue weighted by atomic mass is 10.2. The molecule has 0 aliphatic heterocycles. The number of nitrogens with one attached hydrogen (secondary N) is 3. The maximum atomic E-state index is 13.8. The molecule has 8 heteroatoms. The zero-order valence-electron chi connectivity index (χ0n) is 16.8. The molecule has 2 aromatic carbocycles. The molecule has 2 rings (SSSR count). The first kappa shape index (κ1) is 22.6. The maximum Gasteiger partial charge on any atom is 0.275 e. The number of amides is 2. The highest BCUT2D eigenvalue weighted by molar-refractivity contribution is 6.31. The van der Waals surface area contributed by atoms with E-state index in [1.807, 2.05) is 6.92 Å². The second kappa shape index (κ2) is 10.8. The first-order chi connectivity index (χ1) is 13.8. The summed E-state index contributed by atoms with van der Waals surface area (Å²) in [5.74, 6) is -0.837. The second-order valence-electron chi connectivity index (χ2n) is 6.66. The van der Waals surface area contributed by atoms with E-state index in [1.54, 1.807) is 37.3 Å². The lowest BCUT2D eigenvalue weighted by molar-refractivity contribution is -0.904. The number of rotatable bonds is 9. The highest BCUT2D eigenvalue weighted by Crippen LogP contribution is 2.22. The highest BCUT2D eigenvalue weighted by atomic mass is 35.5. The molecule has 0 radical (unpaired) electrons. The highest BCUT2D eigenvalue weighted by Gasteiger charge is 2.16. The van der Waals surface area contributed by atoms with Gasteiger partial charge in [-0.25, -0.2) is 4.39 Å². The molecule has 0 bridgehead atoms. The molecule has 156 valence electrons. The van der Waals surface area contributed by atoms with Gasteiger partial charge in [-0.1, -0.05) is 17.7 Å². The zero-order valence-corrected chi connectivity index (χ0v) is 17.5. The summed E-state index contributed by atoms with van der Waals surface area (Å²) in [4.78, 5) is 25.3. The molecule has 0 aliphatic carbocycles. The van der Waals surface area contributed by atoms with Crippen molar-refractivity contribution in [3.05, 3.63) is 58.4 Å². The molecule has 0 fully saturated rings. The third-order valence-corrected chi connectivity index (χ3v) is 4.98. The molecular weight excluding hydrogens is 397 g/mol. The number of carbonyl (C=O) groups is 2. The Morgan fingerprint density at radius 3 is 2.62 bits per heavy atom. The number of hydrogen-bond donors (Lipinski definition) is 3. The van der Waals surface area contributed by atoms with Gasteiger partial charge in [0.2, 0.25) is 5.91 Å². The van der Waals surface area contributed by atoms with Crippen LogP contribution in [0, 0.1) is 12.7 Å². The summed E-state index contributed by atoms with van der Waals surface area (Å²) in [5, 5.41) is 5.91. The van der Waals surface area contributed by atoms with Gasteiger partial charge in [-0.2, -0.15) is 0 Å². The summed E-state index contributed by atoms with van der Waals surface area (Å²) in [6.45, 7) is 4.94. The van der Waals surface area contributed by atoms with Gasteiger partial charge in [0.25, 0.3) is 5.91 Å². The number of anilines is 1. The first-order valence-corrected chi connectivity index (χ1v) is 9.69. The maximum absolute atomic E-state index is 13.8. The van der Waals surface area contributed by atoms with Crippen molar-refractivity contribution in [1.82, 2.24) is 5.32 Å². The van der Waals surface area contributed by atoms with Crippen molar-refractivity contribution in [2.24, 2.45) is 0 Å². The number of halogens is 2. The Morgan fingerprint density at radius 2 is 1.97 bits per heavy atom. The number of quaternary nitrogens is 1. The van der Waals surface area contributed by atoms with Gasteiger partial charge in [-0.3, -0.25) is 9.59 Å². The van der Waals surface area contributed by atoms with Crippen molar-refractivity contribution < 1.29 is 23.6 Å². The number of carbonyl (C=O) groups excluding carboxylic acids is 2. The van der Waals surface area contributed by atoms with E-state index in [-0.39, 0.29) is 30.7 Å². The van der Waals surface area contributed by atoms with Gasteiger partial charge >= 0.3 is 0 Å². The quantitative estimate of drug-likeness (QED) is 0.578. The van der Waals surface area contributed by atoms with Crippen LogP contribution in [-0.2, 0) is 16.1 Å². The minimum Gasteiger partial charge on any atom is -0.494 e. The largest absolute Gasteiger partial charge is 0.494 e. The molecule has 3 N–H and O–H groups in total. The van der Waals surface area contributed by atoms with Gasteiger partial charge in [0, 0.05) is 16.3 Å². The van der Waals surface area contributed by atoms with E-state index in [2.05, 4.69) is 10.6 Å². The standard InChI is InChI=1S/C21H25ClFN3O3/c1-4-26(12-15-8-9-19(29-3)17(23)10-15)13-21(28)24-11-20(27)25-18-7-5-6-16(22)14(18)2/h5-10H,4,11-13H2,1-3H3,(H,24,28)(H,25,27)/p+1. The molecule has 6 nitrogen and oxygen atoms in total.